The zero-order chi connectivity index (χ0) is 30.9. The van der Waals surface area contributed by atoms with E-state index in [-0.39, 0.29) is 29.4 Å². The molecule has 1 saturated heterocycles. The van der Waals surface area contributed by atoms with Gasteiger partial charge in [0, 0.05) is 42.2 Å². The number of nitrogens with zero attached hydrogens (tertiary/aromatic N) is 2. The van der Waals surface area contributed by atoms with Crippen molar-refractivity contribution in [3.63, 3.8) is 0 Å². The highest BCUT2D eigenvalue weighted by Crippen LogP contribution is 2.49. The number of hydrogen-bond donors (Lipinski definition) is 1. The number of halogens is 3. The van der Waals surface area contributed by atoms with Gasteiger partial charge in [0.25, 0.3) is 5.91 Å². The van der Waals surface area contributed by atoms with E-state index >= 15 is 4.39 Å². The predicted molar refractivity (Wildman–Crippen MR) is 166 cm³/mol. The molecular weight excluding hydrogens is 590 g/mol. The van der Waals surface area contributed by atoms with E-state index in [9.17, 15) is 14.7 Å². The third-order valence-corrected chi connectivity index (χ3v) is 9.66. The summed E-state index contributed by atoms with van der Waals surface area (Å²) in [7, 11) is 1.46. The minimum atomic E-state index is -1.56. The highest BCUT2D eigenvalue weighted by atomic mass is 35.5. The molecule has 0 aromatic heterocycles. The highest BCUT2D eigenvalue weighted by Gasteiger charge is 2.54. The maximum atomic E-state index is 16.6. The van der Waals surface area contributed by atoms with Crippen molar-refractivity contribution in [2.75, 3.05) is 26.7 Å². The molecule has 0 bridgehead atoms. The van der Waals surface area contributed by atoms with E-state index < -0.39 is 23.1 Å². The number of piperidine rings is 1. The molecule has 0 radical (unpaired) electrons. The van der Waals surface area contributed by atoms with Gasteiger partial charge in [-0.15, -0.1) is 0 Å². The first kappa shape index (κ1) is 31.6. The molecule has 1 unspecified atom stereocenters. The molecule has 0 saturated carbocycles. The third kappa shape index (κ3) is 5.86. The smallest absolute Gasteiger partial charge is 0.257 e. The molecule has 2 atom stereocenters. The Morgan fingerprint density at radius 3 is 2.23 bits per heavy atom. The summed E-state index contributed by atoms with van der Waals surface area (Å²) in [5.74, 6) is -1.00. The Kier molecular flexibility index (Phi) is 9.31. The molecule has 2 aliphatic rings. The number of amides is 1. The van der Waals surface area contributed by atoms with Gasteiger partial charge in [-0.2, -0.15) is 0 Å². The van der Waals surface area contributed by atoms with Crippen molar-refractivity contribution in [1.29, 1.82) is 0 Å². The van der Waals surface area contributed by atoms with Gasteiger partial charge in [-0.3, -0.25) is 14.5 Å². The van der Waals surface area contributed by atoms with Crippen molar-refractivity contribution in [3.8, 4) is 0 Å². The highest BCUT2D eigenvalue weighted by molar-refractivity contribution is 6.30. The summed E-state index contributed by atoms with van der Waals surface area (Å²) in [5.41, 5.74) is -0.895. The number of ether oxygens (including phenoxy) is 1. The number of fused-ring (bicyclic) bond motifs is 1. The Hall–Kier alpha value is -2.81. The molecule has 3 aromatic rings. The largest absolute Gasteiger partial charge is 0.385 e. The number of carbonyl (C=O) groups is 2. The summed E-state index contributed by atoms with van der Waals surface area (Å²) in [5, 5.41) is 13.2. The lowest BCUT2D eigenvalue weighted by atomic mass is 9.73. The molecule has 228 valence electrons. The average molecular weight is 628 g/mol. The van der Waals surface area contributed by atoms with Crippen LogP contribution < -0.4 is 0 Å². The maximum Gasteiger partial charge on any atom is 0.257 e. The standard InChI is InChI=1S/C34H37Cl2FN2O4/c1-4-33(42,24-14-17-38(18-15-24)16-13-22(2)40)26-19-29-31(30(37)20-26)34(43-3,25-7-11-28(36)12-8-25)39(32(29)41)21-23-5-9-27(35)10-6-23/h5-12,19-20,24,42H,4,13-18,21H2,1-3H3/t33-,34?/m0/s1. The van der Waals surface area contributed by atoms with E-state index in [1.165, 1.54) is 18.1 Å². The second-order valence-corrected chi connectivity index (χ2v) is 12.5. The fourth-order valence-electron chi connectivity index (χ4n) is 6.73. The molecule has 3 aromatic carbocycles. The fraction of sp³-hybridized carbons (Fsp3) is 0.412. The molecule has 0 spiro atoms. The first-order valence-electron chi connectivity index (χ1n) is 14.7. The van der Waals surface area contributed by atoms with Gasteiger partial charge in [0.05, 0.1) is 16.7 Å². The van der Waals surface area contributed by atoms with Crippen molar-refractivity contribution in [3.05, 3.63) is 104 Å². The van der Waals surface area contributed by atoms with Crippen LogP contribution in [0.25, 0.3) is 0 Å². The van der Waals surface area contributed by atoms with Crippen LogP contribution in [-0.2, 0) is 27.4 Å². The number of methoxy groups -OCH3 is 1. The SMILES string of the molecule is CC[C@@](O)(c1cc(F)c2c(c1)C(=O)N(Cc1ccc(Cl)cc1)C2(OC)c1ccc(Cl)cc1)C1CCN(CCC(C)=O)CC1. The van der Waals surface area contributed by atoms with Gasteiger partial charge < -0.3 is 14.7 Å². The van der Waals surface area contributed by atoms with Crippen LogP contribution in [0.15, 0.2) is 60.7 Å². The van der Waals surface area contributed by atoms with Crippen molar-refractivity contribution in [2.45, 2.75) is 57.4 Å². The van der Waals surface area contributed by atoms with Gasteiger partial charge in [0.15, 0.2) is 5.72 Å². The number of ketones is 1. The van der Waals surface area contributed by atoms with Gasteiger partial charge >= 0.3 is 0 Å². The summed E-state index contributed by atoms with van der Waals surface area (Å²) in [6.45, 7) is 5.79. The summed E-state index contributed by atoms with van der Waals surface area (Å²) in [4.78, 5) is 29.5. The van der Waals surface area contributed by atoms with Gasteiger partial charge in [0.1, 0.15) is 11.6 Å². The van der Waals surface area contributed by atoms with E-state index in [1.807, 2.05) is 19.1 Å². The van der Waals surface area contributed by atoms with Crippen LogP contribution in [0.4, 0.5) is 4.39 Å². The Labute approximate surface area is 262 Å². The lowest BCUT2D eigenvalue weighted by Gasteiger charge is -2.42. The molecule has 2 aliphatic heterocycles. The topological polar surface area (TPSA) is 70.1 Å². The van der Waals surface area contributed by atoms with Crippen LogP contribution in [-0.4, -0.2) is 53.3 Å². The Bertz CT molecular complexity index is 1490. The first-order chi connectivity index (χ1) is 20.5. The first-order valence-corrected chi connectivity index (χ1v) is 15.4. The van der Waals surface area contributed by atoms with E-state index in [0.717, 1.165) is 18.7 Å². The van der Waals surface area contributed by atoms with E-state index in [2.05, 4.69) is 4.90 Å². The molecule has 1 amide bonds. The minimum absolute atomic E-state index is 0.109. The van der Waals surface area contributed by atoms with Gasteiger partial charge in [-0.25, -0.2) is 4.39 Å². The van der Waals surface area contributed by atoms with Crippen LogP contribution in [0.2, 0.25) is 10.0 Å². The normalized spacial score (nSPS) is 20.7. The number of likely N-dealkylation sites (tertiary alicyclic amines) is 1. The van der Waals surface area contributed by atoms with E-state index in [0.29, 0.717) is 53.4 Å². The number of hydrogen-bond acceptors (Lipinski definition) is 5. The average Bonchev–Trinajstić information content (AvgIpc) is 3.25. The van der Waals surface area contributed by atoms with Crippen LogP contribution >= 0.6 is 23.2 Å². The van der Waals surface area contributed by atoms with E-state index in [1.54, 1.807) is 49.4 Å². The number of aliphatic hydroxyl groups is 1. The maximum absolute atomic E-state index is 16.6. The Balaban J connectivity index is 1.56. The van der Waals surface area contributed by atoms with Crippen LogP contribution in [0, 0.1) is 11.7 Å². The fourth-order valence-corrected chi connectivity index (χ4v) is 6.98. The molecule has 2 heterocycles. The minimum Gasteiger partial charge on any atom is -0.385 e. The molecule has 6 nitrogen and oxygen atoms in total. The van der Waals surface area contributed by atoms with Crippen LogP contribution in [0.1, 0.15) is 72.1 Å². The number of carbonyl (C=O) groups excluding carboxylic acids is 2. The van der Waals surface area contributed by atoms with Gasteiger partial charge in [-0.1, -0.05) is 54.4 Å². The second kappa shape index (κ2) is 12.7. The number of Topliss-reactive ketones (excluding diaryl/α,β-unsaturated/α-hetero) is 1. The van der Waals surface area contributed by atoms with Crippen molar-refractivity contribution < 1.29 is 23.8 Å². The van der Waals surface area contributed by atoms with Crippen LogP contribution in [0.5, 0.6) is 0 Å². The zero-order valence-electron chi connectivity index (χ0n) is 24.7. The molecule has 0 aliphatic carbocycles. The summed E-state index contributed by atoms with van der Waals surface area (Å²) >= 11 is 12.3. The lowest BCUT2D eigenvalue weighted by molar-refractivity contribution is -0.117. The summed E-state index contributed by atoms with van der Waals surface area (Å²) < 4.78 is 22.7. The summed E-state index contributed by atoms with van der Waals surface area (Å²) in [6.07, 6.45) is 2.26. The number of benzene rings is 3. The van der Waals surface area contributed by atoms with Gasteiger partial charge in [0.2, 0.25) is 0 Å². The Morgan fingerprint density at radius 1 is 1.07 bits per heavy atom. The quantitative estimate of drug-likeness (QED) is 0.264. The van der Waals surface area contributed by atoms with Gasteiger partial charge in [-0.05, 0) is 92.7 Å². The second-order valence-electron chi connectivity index (χ2n) is 11.6. The number of rotatable bonds is 10. The van der Waals surface area contributed by atoms with Crippen molar-refractivity contribution in [1.82, 2.24) is 9.80 Å². The molecular formula is C34H37Cl2FN2O4. The Morgan fingerprint density at radius 2 is 1.67 bits per heavy atom. The zero-order valence-corrected chi connectivity index (χ0v) is 26.2. The molecule has 1 N–H and O–H groups in total. The summed E-state index contributed by atoms with van der Waals surface area (Å²) in [6, 6.07) is 17.0. The monoisotopic (exact) mass is 626 g/mol. The molecule has 5 rings (SSSR count). The molecule has 43 heavy (non-hydrogen) atoms. The van der Waals surface area contributed by atoms with Crippen molar-refractivity contribution in [2.24, 2.45) is 5.92 Å². The predicted octanol–water partition coefficient (Wildman–Crippen LogP) is 6.92. The third-order valence-electron chi connectivity index (χ3n) is 9.15. The lowest BCUT2D eigenvalue weighted by Crippen LogP contribution is -2.46. The van der Waals surface area contributed by atoms with Crippen LogP contribution in [0.3, 0.4) is 0 Å². The molecule has 1 fully saturated rings. The van der Waals surface area contributed by atoms with E-state index in [4.69, 9.17) is 27.9 Å². The molecule has 9 heteroatoms. The van der Waals surface area contributed by atoms with Crippen molar-refractivity contribution >= 4 is 34.9 Å².